The molecule has 1 amide bonds. The van der Waals surface area contributed by atoms with Gasteiger partial charge in [-0.15, -0.1) is 10.2 Å². The van der Waals surface area contributed by atoms with Crippen LogP contribution < -0.4 is 19.5 Å². The molecule has 182 valence electrons. The van der Waals surface area contributed by atoms with Crippen molar-refractivity contribution in [3.63, 3.8) is 0 Å². The SMILES string of the molecule is CCOc1cc(/C=C(/C#N)C(=O)Nc2nnc(CC)s2)cc(Cl)c1OCCOc1ccc(Br)cc1. The molecule has 11 heteroatoms. The van der Waals surface area contributed by atoms with Crippen LogP contribution in [0.5, 0.6) is 17.2 Å². The van der Waals surface area contributed by atoms with E-state index >= 15 is 0 Å². The number of nitriles is 1. The first-order valence-corrected chi connectivity index (χ1v) is 12.6. The third-order valence-corrected chi connectivity index (χ3v) is 6.20. The number of carbonyl (C=O) groups excluding carboxylic acids is 1. The highest BCUT2D eigenvalue weighted by Crippen LogP contribution is 2.37. The van der Waals surface area contributed by atoms with Crippen LogP contribution in [0.3, 0.4) is 0 Å². The van der Waals surface area contributed by atoms with Crippen molar-refractivity contribution >= 4 is 56.0 Å². The zero-order valence-electron chi connectivity index (χ0n) is 19.0. The first kappa shape index (κ1) is 26.5. The fraction of sp³-hybridized carbons (Fsp3) is 0.250. The lowest BCUT2D eigenvalue weighted by atomic mass is 10.1. The van der Waals surface area contributed by atoms with Crippen molar-refractivity contribution in [3.8, 4) is 23.3 Å². The van der Waals surface area contributed by atoms with Crippen molar-refractivity contribution in [1.82, 2.24) is 10.2 Å². The molecule has 1 N–H and O–H groups in total. The van der Waals surface area contributed by atoms with Crippen LogP contribution in [0.2, 0.25) is 5.02 Å². The van der Waals surface area contributed by atoms with Crippen LogP contribution >= 0.6 is 38.9 Å². The molecule has 0 atom stereocenters. The number of hydrogen-bond acceptors (Lipinski definition) is 8. The maximum Gasteiger partial charge on any atom is 0.268 e. The van der Waals surface area contributed by atoms with Gasteiger partial charge < -0.3 is 14.2 Å². The van der Waals surface area contributed by atoms with Crippen molar-refractivity contribution in [1.29, 1.82) is 5.26 Å². The number of amides is 1. The van der Waals surface area contributed by atoms with E-state index in [1.165, 1.54) is 17.4 Å². The Kier molecular flexibility index (Phi) is 9.90. The predicted molar refractivity (Wildman–Crippen MR) is 139 cm³/mol. The van der Waals surface area contributed by atoms with Crippen LogP contribution in [0.4, 0.5) is 5.13 Å². The minimum Gasteiger partial charge on any atom is -0.490 e. The molecule has 1 heterocycles. The minimum absolute atomic E-state index is 0.117. The molecule has 0 aliphatic heterocycles. The predicted octanol–water partition coefficient (Wildman–Crippen LogP) is 5.92. The molecule has 0 spiro atoms. The molecule has 0 aliphatic carbocycles. The molecule has 0 saturated carbocycles. The number of rotatable bonds is 11. The summed E-state index contributed by atoms with van der Waals surface area (Å²) in [6, 6.07) is 12.6. The fourth-order valence-electron chi connectivity index (χ4n) is 2.84. The number of aryl methyl sites for hydroxylation is 1. The second kappa shape index (κ2) is 13.1. The third kappa shape index (κ3) is 7.68. The van der Waals surface area contributed by atoms with Gasteiger partial charge in [0.1, 0.15) is 35.6 Å². The van der Waals surface area contributed by atoms with Gasteiger partial charge in [-0.05, 0) is 61.4 Å². The zero-order chi connectivity index (χ0) is 25.2. The summed E-state index contributed by atoms with van der Waals surface area (Å²) in [5.41, 5.74) is 0.392. The number of nitrogens with one attached hydrogen (secondary N) is 1. The van der Waals surface area contributed by atoms with Crippen LogP contribution in [0, 0.1) is 11.3 Å². The smallest absolute Gasteiger partial charge is 0.268 e. The Morgan fingerprint density at radius 3 is 2.57 bits per heavy atom. The lowest BCUT2D eigenvalue weighted by Gasteiger charge is -2.15. The number of nitrogens with zero attached hydrogens (tertiary/aromatic N) is 3. The molecule has 1 aromatic heterocycles. The van der Waals surface area contributed by atoms with Crippen LogP contribution in [-0.4, -0.2) is 35.9 Å². The van der Waals surface area contributed by atoms with Gasteiger partial charge in [0, 0.05) is 4.47 Å². The lowest BCUT2D eigenvalue weighted by molar-refractivity contribution is -0.112. The van der Waals surface area contributed by atoms with Crippen molar-refractivity contribution in [2.75, 3.05) is 25.1 Å². The Bertz CT molecular complexity index is 1240. The number of carbonyl (C=O) groups is 1. The topological polar surface area (TPSA) is 106 Å². The molecular formula is C24H22BrClN4O4S. The molecule has 35 heavy (non-hydrogen) atoms. The number of ether oxygens (including phenoxy) is 3. The summed E-state index contributed by atoms with van der Waals surface area (Å²) in [5, 5.41) is 21.4. The highest BCUT2D eigenvalue weighted by molar-refractivity contribution is 9.10. The second-order valence-corrected chi connectivity index (χ2v) is 9.28. The van der Waals surface area contributed by atoms with Gasteiger partial charge in [0.25, 0.3) is 5.91 Å². The highest BCUT2D eigenvalue weighted by atomic mass is 79.9. The molecule has 3 aromatic rings. The van der Waals surface area contributed by atoms with Gasteiger partial charge in [-0.25, -0.2) is 0 Å². The fourth-order valence-corrected chi connectivity index (χ4v) is 4.05. The summed E-state index contributed by atoms with van der Waals surface area (Å²) in [5.74, 6) is 0.874. The average molecular weight is 578 g/mol. The Morgan fingerprint density at radius 1 is 1.17 bits per heavy atom. The van der Waals surface area contributed by atoms with E-state index in [9.17, 15) is 10.1 Å². The van der Waals surface area contributed by atoms with E-state index in [2.05, 4.69) is 31.4 Å². The summed E-state index contributed by atoms with van der Waals surface area (Å²) in [6.45, 7) is 4.68. The standard InChI is InChI=1S/C24H22BrClN4O4S/c1-3-21-29-30-24(35-21)28-23(31)16(14-27)11-15-12-19(26)22(20(13-15)32-4-2)34-10-9-33-18-7-5-17(25)6-8-18/h5-8,11-13H,3-4,9-10H2,1-2H3,(H,28,30,31)/b16-11-. The van der Waals surface area contributed by atoms with Gasteiger partial charge in [0.15, 0.2) is 11.5 Å². The number of benzene rings is 2. The van der Waals surface area contributed by atoms with Crippen LogP contribution in [0.25, 0.3) is 6.08 Å². The molecule has 2 aromatic carbocycles. The van der Waals surface area contributed by atoms with Crippen molar-refractivity contribution < 1.29 is 19.0 Å². The maximum atomic E-state index is 12.5. The molecule has 0 fully saturated rings. The summed E-state index contributed by atoms with van der Waals surface area (Å²) >= 11 is 11.1. The number of anilines is 1. The number of halogens is 2. The summed E-state index contributed by atoms with van der Waals surface area (Å²) in [7, 11) is 0. The molecule has 8 nitrogen and oxygen atoms in total. The maximum absolute atomic E-state index is 12.5. The molecular weight excluding hydrogens is 556 g/mol. The zero-order valence-corrected chi connectivity index (χ0v) is 22.2. The normalized spacial score (nSPS) is 11.0. The lowest BCUT2D eigenvalue weighted by Crippen LogP contribution is -2.13. The third-order valence-electron chi connectivity index (χ3n) is 4.41. The minimum atomic E-state index is -0.592. The molecule has 0 unspecified atom stereocenters. The van der Waals surface area contributed by atoms with Gasteiger partial charge in [0.2, 0.25) is 5.13 Å². The molecule has 0 saturated heterocycles. The molecule has 0 aliphatic rings. The first-order chi connectivity index (χ1) is 16.9. The van der Waals surface area contributed by atoms with Gasteiger partial charge in [0.05, 0.1) is 11.6 Å². The van der Waals surface area contributed by atoms with Gasteiger partial charge in [-0.2, -0.15) is 5.26 Å². The first-order valence-electron chi connectivity index (χ1n) is 10.7. The quantitative estimate of drug-likeness (QED) is 0.171. The molecule has 0 bridgehead atoms. The van der Waals surface area contributed by atoms with Crippen molar-refractivity contribution in [3.05, 3.63) is 62.0 Å². The van der Waals surface area contributed by atoms with Crippen molar-refractivity contribution in [2.24, 2.45) is 0 Å². The summed E-state index contributed by atoms with van der Waals surface area (Å²) in [6.07, 6.45) is 2.13. The second-order valence-electron chi connectivity index (χ2n) is 6.89. The van der Waals surface area contributed by atoms with E-state index < -0.39 is 5.91 Å². The Balaban J connectivity index is 1.71. The van der Waals surface area contributed by atoms with Crippen molar-refractivity contribution in [2.45, 2.75) is 20.3 Å². The van der Waals surface area contributed by atoms with E-state index in [1.807, 2.05) is 44.2 Å². The van der Waals surface area contributed by atoms with Gasteiger partial charge >= 0.3 is 0 Å². The largest absolute Gasteiger partial charge is 0.490 e. The highest BCUT2D eigenvalue weighted by Gasteiger charge is 2.16. The molecule has 3 rings (SSSR count). The summed E-state index contributed by atoms with van der Waals surface area (Å²) < 4.78 is 18.1. The average Bonchev–Trinajstić information content (AvgIpc) is 3.30. The monoisotopic (exact) mass is 576 g/mol. The van der Waals surface area contributed by atoms with Crippen LogP contribution in [0.15, 0.2) is 46.4 Å². The van der Waals surface area contributed by atoms with Crippen LogP contribution in [0.1, 0.15) is 24.4 Å². The Morgan fingerprint density at radius 2 is 1.91 bits per heavy atom. The van der Waals surface area contributed by atoms with Gasteiger partial charge in [-0.3, -0.25) is 10.1 Å². The number of aromatic nitrogens is 2. The van der Waals surface area contributed by atoms with E-state index in [4.69, 9.17) is 25.8 Å². The molecule has 0 radical (unpaired) electrons. The van der Waals surface area contributed by atoms with E-state index in [-0.39, 0.29) is 17.2 Å². The Labute approximate surface area is 220 Å². The van der Waals surface area contributed by atoms with E-state index in [0.29, 0.717) is 41.8 Å². The van der Waals surface area contributed by atoms with Gasteiger partial charge in [-0.1, -0.05) is 45.8 Å². The Hall–Kier alpha value is -3.13. The number of hydrogen-bond donors (Lipinski definition) is 1. The van der Waals surface area contributed by atoms with E-state index in [0.717, 1.165) is 15.2 Å². The van der Waals surface area contributed by atoms with Crippen LogP contribution in [-0.2, 0) is 11.2 Å². The van der Waals surface area contributed by atoms with E-state index in [1.54, 1.807) is 12.1 Å². The summed E-state index contributed by atoms with van der Waals surface area (Å²) in [4.78, 5) is 12.5.